The highest BCUT2D eigenvalue weighted by molar-refractivity contribution is 6.88. The van der Waals surface area contributed by atoms with Gasteiger partial charge in [-0.05, 0) is 19.1 Å². The maximum atomic E-state index is 11.7. The molecule has 1 rings (SSSR count). The monoisotopic (exact) mass is 263 g/mol. The van der Waals surface area contributed by atoms with Crippen LogP contribution < -0.4 is 10.7 Å². The molecule has 0 saturated carbocycles. The van der Waals surface area contributed by atoms with Crippen LogP contribution in [0.4, 0.5) is 0 Å². The van der Waals surface area contributed by atoms with Crippen LogP contribution in [0.1, 0.15) is 17.3 Å². The third-order valence-electron chi connectivity index (χ3n) is 2.50. The molecule has 0 spiro atoms. The second-order valence-electron chi connectivity index (χ2n) is 5.50. The topological polar surface area (TPSA) is 38.3 Å². The van der Waals surface area contributed by atoms with Crippen LogP contribution in [-0.4, -0.2) is 20.6 Å². The van der Waals surface area contributed by atoms with Crippen LogP contribution in [0, 0.1) is 0 Å². The number of amides is 1. The van der Waals surface area contributed by atoms with Crippen molar-refractivity contribution < 1.29 is 9.63 Å². The van der Waals surface area contributed by atoms with Gasteiger partial charge in [-0.25, -0.2) is 5.48 Å². The summed E-state index contributed by atoms with van der Waals surface area (Å²) in [5.74, 6) is -0.224. The SMILES string of the molecule is C=C(C)CONC(=O)c1ccc([Si](C)(C)C)cc1. The molecule has 0 unspecified atom stereocenters. The Morgan fingerprint density at radius 2 is 1.83 bits per heavy atom. The Balaban J connectivity index is 2.62. The van der Waals surface area contributed by atoms with Crippen LogP contribution in [0.25, 0.3) is 0 Å². The lowest BCUT2D eigenvalue weighted by Crippen LogP contribution is -2.37. The fraction of sp³-hybridized carbons (Fsp3) is 0.357. The minimum atomic E-state index is -1.31. The minimum Gasteiger partial charge on any atom is -0.269 e. The van der Waals surface area contributed by atoms with Crippen molar-refractivity contribution in [1.29, 1.82) is 0 Å². The van der Waals surface area contributed by atoms with E-state index in [-0.39, 0.29) is 5.91 Å². The van der Waals surface area contributed by atoms with Gasteiger partial charge >= 0.3 is 0 Å². The fourth-order valence-electron chi connectivity index (χ4n) is 1.41. The molecule has 98 valence electrons. The van der Waals surface area contributed by atoms with E-state index in [9.17, 15) is 4.79 Å². The van der Waals surface area contributed by atoms with E-state index < -0.39 is 8.07 Å². The van der Waals surface area contributed by atoms with Crippen LogP contribution in [0.2, 0.25) is 19.6 Å². The van der Waals surface area contributed by atoms with Crippen molar-refractivity contribution in [3.8, 4) is 0 Å². The van der Waals surface area contributed by atoms with Crippen molar-refractivity contribution in [2.45, 2.75) is 26.6 Å². The maximum Gasteiger partial charge on any atom is 0.274 e. The molecule has 1 aromatic carbocycles. The molecule has 0 aliphatic rings. The summed E-state index contributed by atoms with van der Waals surface area (Å²) in [5.41, 5.74) is 3.88. The van der Waals surface area contributed by atoms with E-state index in [4.69, 9.17) is 4.84 Å². The lowest BCUT2D eigenvalue weighted by Gasteiger charge is -2.16. The van der Waals surface area contributed by atoms with E-state index in [1.54, 1.807) is 0 Å². The first-order valence-electron chi connectivity index (χ1n) is 5.98. The summed E-state index contributed by atoms with van der Waals surface area (Å²) in [6.07, 6.45) is 0. The smallest absolute Gasteiger partial charge is 0.269 e. The quantitative estimate of drug-likeness (QED) is 0.503. The zero-order valence-corrected chi connectivity index (χ0v) is 12.5. The van der Waals surface area contributed by atoms with Gasteiger partial charge in [-0.1, -0.05) is 49.1 Å². The van der Waals surface area contributed by atoms with Crippen LogP contribution in [-0.2, 0) is 4.84 Å². The molecular weight excluding hydrogens is 242 g/mol. The molecule has 0 atom stereocenters. The Kier molecular flexibility index (Phi) is 4.87. The summed E-state index contributed by atoms with van der Waals surface area (Å²) < 4.78 is 0. The van der Waals surface area contributed by atoms with E-state index in [1.165, 1.54) is 5.19 Å². The number of benzene rings is 1. The number of rotatable bonds is 5. The number of hydroxylamine groups is 1. The average Bonchev–Trinajstić information content (AvgIpc) is 2.27. The molecule has 1 aromatic rings. The van der Waals surface area contributed by atoms with Gasteiger partial charge in [0.2, 0.25) is 0 Å². The third kappa shape index (κ3) is 4.47. The normalized spacial score (nSPS) is 11.1. The summed E-state index contributed by atoms with van der Waals surface area (Å²) in [4.78, 5) is 16.8. The van der Waals surface area contributed by atoms with Crippen molar-refractivity contribution in [2.24, 2.45) is 0 Å². The highest BCUT2D eigenvalue weighted by atomic mass is 28.3. The molecule has 0 saturated heterocycles. The second kappa shape index (κ2) is 5.98. The molecule has 0 aliphatic carbocycles. The van der Waals surface area contributed by atoms with E-state index in [1.807, 2.05) is 31.2 Å². The Labute approximate surface area is 110 Å². The molecule has 0 aliphatic heterocycles. The van der Waals surface area contributed by atoms with Gasteiger partial charge in [0.15, 0.2) is 0 Å². The zero-order chi connectivity index (χ0) is 13.8. The summed E-state index contributed by atoms with van der Waals surface area (Å²) in [6, 6.07) is 7.74. The highest BCUT2D eigenvalue weighted by Gasteiger charge is 2.16. The summed E-state index contributed by atoms with van der Waals surface area (Å²) in [5, 5.41) is 1.34. The fourth-order valence-corrected chi connectivity index (χ4v) is 2.57. The van der Waals surface area contributed by atoms with Gasteiger partial charge in [0, 0.05) is 5.56 Å². The number of hydrogen-bond acceptors (Lipinski definition) is 2. The molecule has 0 heterocycles. The first kappa shape index (κ1) is 14.7. The highest BCUT2D eigenvalue weighted by Crippen LogP contribution is 2.04. The number of carbonyl (C=O) groups is 1. The number of carbonyl (C=O) groups excluding carboxylic acids is 1. The van der Waals surface area contributed by atoms with Gasteiger partial charge in [-0.2, -0.15) is 0 Å². The predicted molar refractivity (Wildman–Crippen MR) is 77.7 cm³/mol. The molecule has 3 nitrogen and oxygen atoms in total. The molecule has 0 fully saturated rings. The van der Waals surface area contributed by atoms with Gasteiger partial charge in [0.1, 0.15) is 0 Å². The van der Waals surface area contributed by atoms with E-state index in [0.717, 1.165) is 5.57 Å². The predicted octanol–water partition coefficient (Wildman–Crippen LogP) is 2.47. The first-order chi connectivity index (χ1) is 8.30. The molecule has 0 radical (unpaired) electrons. The van der Waals surface area contributed by atoms with E-state index in [2.05, 4.69) is 31.7 Å². The second-order valence-corrected chi connectivity index (χ2v) is 10.6. The molecule has 0 bridgehead atoms. The Morgan fingerprint density at radius 3 is 2.28 bits per heavy atom. The average molecular weight is 263 g/mol. The van der Waals surface area contributed by atoms with Crippen LogP contribution in [0.3, 0.4) is 0 Å². The molecule has 1 amide bonds. The Hall–Kier alpha value is -1.39. The van der Waals surface area contributed by atoms with Crippen molar-refractivity contribution in [1.82, 2.24) is 5.48 Å². The molecule has 0 aromatic heterocycles. The van der Waals surface area contributed by atoms with Crippen molar-refractivity contribution in [3.63, 3.8) is 0 Å². The lowest BCUT2D eigenvalue weighted by molar-refractivity contribution is 0.0401. The van der Waals surface area contributed by atoms with Crippen LogP contribution in [0.5, 0.6) is 0 Å². The minimum absolute atomic E-state index is 0.224. The largest absolute Gasteiger partial charge is 0.274 e. The Bertz CT molecular complexity index is 432. The van der Waals surface area contributed by atoms with Gasteiger partial charge in [-0.15, -0.1) is 0 Å². The van der Waals surface area contributed by atoms with Crippen molar-refractivity contribution >= 4 is 19.2 Å². The van der Waals surface area contributed by atoms with Crippen LogP contribution >= 0.6 is 0 Å². The first-order valence-corrected chi connectivity index (χ1v) is 9.48. The van der Waals surface area contributed by atoms with Gasteiger partial charge in [0.25, 0.3) is 5.91 Å². The number of hydrogen-bond donors (Lipinski definition) is 1. The Morgan fingerprint density at radius 1 is 1.28 bits per heavy atom. The lowest BCUT2D eigenvalue weighted by atomic mass is 10.2. The standard InChI is InChI=1S/C14H21NO2Si/c1-11(2)10-17-15-14(16)12-6-8-13(9-7-12)18(3,4)5/h6-9H,1,10H2,2-5H3,(H,15,16). The van der Waals surface area contributed by atoms with Crippen molar-refractivity contribution in [2.75, 3.05) is 6.61 Å². The molecule has 18 heavy (non-hydrogen) atoms. The molecule has 1 N–H and O–H groups in total. The van der Waals surface area contributed by atoms with E-state index in [0.29, 0.717) is 12.2 Å². The van der Waals surface area contributed by atoms with Crippen LogP contribution in [0.15, 0.2) is 36.4 Å². The molecule has 4 heteroatoms. The van der Waals surface area contributed by atoms with Gasteiger partial charge in [0.05, 0.1) is 14.7 Å². The van der Waals surface area contributed by atoms with Crippen molar-refractivity contribution in [3.05, 3.63) is 42.0 Å². The summed E-state index contributed by atoms with van der Waals surface area (Å²) in [6.45, 7) is 12.7. The third-order valence-corrected chi connectivity index (χ3v) is 4.56. The summed E-state index contributed by atoms with van der Waals surface area (Å²) in [7, 11) is -1.31. The van der Waals surface area contributed by atoms with E-state index >= 15 is 0 Å². The van der Waals surface area contributed by atoms with Gasteiger partial charge in [-0.3, -0.25) is 9.63 Å². The number of nitrogens with one attached hydrogen (secondary N) is 1. The molecular formula is C14H21NO2Si. The van der Waals surface area contributed by atoms with Gasteiger partial charge < -0.3 is 0 Å². The maximum absolute atomic E-state index is 11.7. The zero-order valence-electron chi connectivity index (χ0n) is 11.5. The summed E-state index contributed by atoms with van der Waals surface area (Å²) >= 11 is 0.